The van der Waals surface area contributed by atoms with Crippen LogP contribution in [0.25, 0.3) is 11.4 Å². The summed E-state index contributed by atoms with van der Waals surface area (Å²) in [7, 11) is 0. The van der Waals surface area contributed by atoms with Crippen LogP contribution in [-0.4, -0.2) is 38.4 Å². The second-order valence-corrected chi connectivity index (χ2v) is 5.83. The van der Waals surface area contributed by atoms with Crippen molar-refractivity contribution >= 4 is 6.01 Å². The van der Waals surface area contributed by atoms with Gasteiger partial charge in [-0.1, -0.05) is 35.5 Å². The van der Waals surface area contributed by atoms with Gasteiger partial charge < -0.3 is 9.42 Å². The van der Waals surface area contributed by atoms with Crippen LogP contribution in [0.5, 0.6) is 0 Å². The van der Waals surface area contributed by atoms with Gasteiger partial charge in [0.15, 0.2) is 5.82 Å². The van der Waals surface area contributed by atoms with E-state index in [4.69, 9.17) is 4.52 Å². The zero-order valence-electron chi connectivity index (χ0n) is 12.9. The molecule has 118 valence electrons. The van der Waals surface area contributed by atoms with Crippen LogP contribution in [0.2, 0.25) is 0 Å². The first-order valence-corrected chi connectivity index (χ1v) is 7.82. The summed E-state index contributed by atoms with van der Waals surface area (Å²) in [5.41, 5.74) is 0.959. The van der Waals surface area contributed by atoms with Crippen LogP contribution in [0.1, 0.15) is 30.4 Å². The van der Waals surface area contributed by atoms with E-state index in [-0.39, 0.29) is 0 Å². The highest BCUT2D eigenvalue weighted by Crippen LogP contribution is 2.28. The molecule has 7 nitrogen and oxygen atoms in total. The van der Waals surface area contributed by atoms with E-state index in [0.717, 1.165) is 43.1 Å². The number of hydrogen-bond acceptors (Lipinski definition) is 6. The number of rotatable bonds is 3. The third-order valence-electron chi connectivity index (χ3n) is 4.12. The normalized spacial score (nSPS) is 18.3. The summed E-state index contributed by atoms with van der Waals surface area (Å²) in [5.74, 6) is 2.63. The van der Waals surface area contributed by atoms with Gasteiger partial charge in [-0.25, -0.2) is 4.98 Å². The summed E-state index contributed by atoms with van der Waals surface area (Å²) in [6, 6.07) is 10.4. The van der Waals surface area contributed by atoms with Crippen LogP contribution in [0.3, 0.4) is 0 Å². The molecule has 1 atom stereocenters. The first-order valence-electron chi connectivity index (χ1n) is 7.82. The molecule has 1 aliphatic rings. The molecule has 0 radical (unpaired) electrons. The maximum Gasteiger partial charge on any atom is 0.324 e. The van der Waals surface area contributed by atoms with E-state index in [2.05, 4.69) is 30.2 Å². The SMILES string of the molecule is Cc1nc([C@@H]2CCCN(c3nc(-c4ccccc4)no3)C2)n[nH]1. The number of nitrogens with one attached hydrogen (secondary N) is 1. The summed E-state index contributed by atoms with van der Waals surface area (Å²) in [6.07, 6.45) is 2.13. The summed E-state index contributed by atoms with van der Waals surface area (Å²) in [6.45, 7) is 3.63. The quantitative estimate of drug-likeness (QED) is 0.800. The molecule has 1 aliphatic heterocycles. The predicted octanol–water partition coefficient (Wildman–Crippen LogP) is 2.55. The second-order valence-electron chi connectivity index (χ2n) is 5.83. The standard InChI is InChI=1S/C16H18N6O/c1-11-17-14(20-19-11)13-8-5-9-22(10-13)16-18-15(21-23-16)12-6-3-2-4-7-12/h2-4,6-7,13H,5,8-10H2,1H3,(H,17,19,20)/t13-/m1/s1. The van der Waals surface area contributed by atoms with Crippen molar-refractivity contribution < 1.29 is 4.52 Å². The zero-order chi connectivity index (χ0) is 15.6. The number of hydrogen-bond donors (Lipinski definition) is 1. The first kappa shape index (κ1) is 13.9. The Morgan fingerprint density at radius 3 is 2.87 bits per heavy atom. The number of benzene rings is 1. The maximum atomic E-state index is 5.46. The number of aromatic amines is 1. The van der Waals surface area contributed by atoms with Gasteiger partial charge >= 0.3 is 6.01 Å². The molecule has 2 aromatic heterocycles. The van der Waals surface area contributed by atoms with Gasteiger partial charge in [0, 0.05) is 24.6 Å². The largest absolute Gasteiger partial charge is 0.324 e. The summed E-state index contributed by atoms with van der Waals surface area (Å²) in [5, 5.41) is 11.3. The molecule has 1 N–H and O–H groups in total. The maximum absolute atomic E-state index is 5.46. The summed E-state index contributed by atoms with van der Waals surface area (Å²) < 4.78 is 5.46. The van der Waals surface area contributed by atoms with Crippen LogP contribution in [0, 0.1) is 6.92 Å². The molecule has 1 fully saturated rings. The Labute approximate surface area is 133 Å². The van der Waals surface area contributed by atoms with Crippen molar-refractivity contribution in [3.05, 3.63) is 42.0 Å². The van der Waals surface area contributed by atoms with Crippen LogP contribution >= 0.6 is 0 Å². The third kappa shape index (κ3) is 2.81. The van der Waals surface area contributed by atoms with Crippen molar-refractivity contribution in [2.24, 2.45) is 0 Å². The summed E-state index contributed by atoms with van der Waals surface area (Å²) >= 11 is 0. The molecule has 1 saturated heterocycles. The van der Waals surface area contributed by atoms with Gasteiger partial charge in [0.25, 0.3) is 0 Å². The molecular formula is C16H18N6O. The smallest absolute Gasteiger partial charge is 0.324 e. The topological polar surface area (TPSA) is 83.7 Å². The van der Waals surface area contributed by atoms with Crippen molar-refractivity contribution in [2.45, 2.75) is 25.7 Å². The van der Waals surface area contributed by atoms with Gasteiger partial charge in [-0.3, -0.25) is 5.10 Å². The van der Waals surface area contributed by atoms with E-state index < -0.39 is 0 Å². The lowest BCUT2D eigenvalue weighted by atomic mass is 9.98. The van der Waals surface area contributed by atoms with Crippen LogP contribution in [0.4, 0.5) is 6.01 Å². The third-order valence-corrected chi connectivity index (χ3v) is 4.12. The summed E-state index contributed by atoms with van der Waals surface area (Å²) in [4.78, 5) is 11.1. The van der Waals surface area contributed by atoms with Crippen LogP contribution < -0.4 is 4.90 Å². The molecule has 0 amide bonds. The Bertz CT molecular complexity index is 781. The molecule has 0 spiro atoms. The fourth-order valence-corrected chi connectivity index (χ4v) is 2.95. The fraction of sp³-hybridized carbons (Fsp3) is 0.375. The fourth-order valence-electron chi connectivity index (χ4n) is 2.95. The highest BCUT2D eigenvalue weighted by molar-refractivity contribution is 5.55. The number of H-pyrrole nitrogens is 1. The molecule has 3 aromatic rings. The van der Waals surface area contributed by atoms with Crippen molar-refractivity contribution in [3.8, 4) is 11.4 Å². The molecular weight excluding hydrogens is 292 g/mol. The minimum Gasteiger partial charge on any atom is -0.324 e. The molecule has 1 aromatic carbocycles. The van der Waals surface area contributed by atoms with Gasteiger partial charge in [0.05, 0.1) is 0 Å². The van der Waals surface area contributed by atoms with Crippen LogP contribution in [0.15, 0.2) is 34.9 Å². The lowest BCUT2D eigenvalue weighted by Crippen LogP contribution is -2.35. The Morgan fingerprint density at radius 1 is 1.22 bits per heavy atom. The molecule has 3 heterocycles. The number of piperidine rings is 1. The molecule has 0 bridgehead atoms. The van der Waals surface area contributed by atoms with Crippen molar-refractivity contribution in [2.75, 3.05) is 18.0 Å². The van der Waals surface area contributed by atoms with Crippen molar-refractivity contribution in [3.63, 3.8) is 0 Å². The number of aromatic nitrogens is 5. The highest BCUT2D eigenvalue weighted by Gasteiger charge is 2.27. The van der Waals surface area contributed by atoms with Crippen LogP contribution in [-0.2, 0) is 0 Å². The van der Waals surface area contributed by atoms with Gasteiger partial charge in [0.1, 0.15) is 5.82 Å². The monoisotopic (exact) mass is 310 g/mol. The number of anilines is 1. The molecule has 7 heteroatoms. The second kappa shape index (κ2) is 5.83. The number of nitrogens with zero attached hydrogens (tertiary/aromatic N) is 5. The molecule has 4 rings (SSSR count). The molecule has 23 heavy (non-hydrogen) atoms. The lowest BCUT2D eigenvalue weighted by Gasteiger charge is -2.29. The van der Waals surface area contributed by atoms with E-state index in [1.165, 1.54) is 0 Å². The highest BCUT2D eigenvalue weighted by atomic mass is 16.5. The van der Waals surface area contributed by atoms with Gasteiger partial charge in [-0.2, -0.15) is 10.1 Å². The van der Waals surface area contributed by atoms with Gasteiger partial charge in [0.2, 0.25) is 5.82 Å². The first-order chi connectivity index (χ1) is 11.3. The number of aryl methyl sites for hydroxylation is 1. The van der Waals surface area contributed by atoms with Gasteiger partial charge in [-0.05, 0) is 19.8 Å². The minimum atomic E-state index is 0.292. The van der Waals surface area contributed by atoms with E-state index in [0.29, 0.717) is 17.8 Å². The van der Waals surface area contributed by atoms with E-state index >= 15 is 0 Å². The van der Waals surface area contributed by atoms with Gasteiger partial charge in [-0.15, -0.1) is 0 Å². The van der Waals surface area contributed by atoms with Crippen molar-refractivity contribution in [1.29, 1.82) is 0 Å². The average Bonchev–Trinajstić information content (AvgIpc) is 3.25. The molecule has 0 aliphatic carbocycles. The minimum absolute atomic E-state index is 0.292. The Hall–Kier alpha value is -2.70. The predicted molar refractivity (Wildman–Crippen MR) is 85.0 cm³/mol. The van der Waals surface area contributed by atoms with Crippen molar-refractivity contribution in [1.82, 2.24) is 25.3 Å². The Kier molecular flexibility index (Phi) is 3.53. The van der Waals surface area contributed by atoms with E-state index in [9.17, 15) is 0 Å². The molecule has 0 unspecified atom stereocenters. The zero-order valence-corrected chi connectivity index (χ0v) is 12.9. The Morgan fingerprint density at radius 2 is 2.09 bits per heavy atom. The Balaban J connectivity index is 1.53. The average molecular weight is 310 g/mol. The lowest BCUT2D eigenvalue weighted by molar-refractivity contribution is 0.391. The van der Waals surface area contributed by atoms with E-state index in [1.54, 1.807) is 0 Å². The van der Waals surface area contributed by atoms with E-state index in [1.807, 2.05) is 37.3 Å². The molecule has 0 saturated carbocycles.